The maximum atomic E-state index is 11.4. The van der Waals surface area contributed by atoms with E-state index in [0.29, 0.717) is 0 Å². The third-order valence-electron chi connectivity index (χ3n) is 2.17. The van der Waals surface area contributed by atoms with Gasteiger partial charge in [-0.15, -0.1) is 0 Å². The van der Waals surface area contributed by atoms with Crippen molar-refractivity contribution in [1.82, 2.24) is 15.2 Å². The molecular weight excluding hydrogens is 220 g/mol. The highest BCUT2D eigenvalue weighted by Gasteiger charge is 2.06. The molecule has 0 bridgehead atoms. The van der Waals surface area contributed by atoms with Gasteiger partial charge in [-0.05, 0) is 19.1 Å². The number of aromatic nitrogens is 2. The van der Waals surface area contributed by atoms with Crippen molar-refractivity contribution >= 4 is 12.1 Å². The molecule has 0 aliphatic heterocycles. The van der Waals surface area contributed by atoms with Gasteiger partial charge in [-0.25, -0.2) is 5.43 Å². The maximum Gasteiger partial charge on any atom is 0.307 e. The van der Waals surface area contributed by atoms with Gasteiger partial charge in [0.1, 0.15) is 0 Å². The van der Waals surface area contributed by atoms with E-state index in [0.717, 1.165) is 11.3 Å². The summed E-state index contributed by atoms with van der Waals surface area (Å²) in [5.41, 5.74) is 4.07. The third kappa shape index (κ3) is 2.60. The van der Waals surface area contributed by atoms with Crippen LogP contribution in [0, 0.1) is 6.92 Å². The highest BCUT2D eigenvalue weighted by molar-refractivity contribution is 5.92. The molecule has 0 fully saturated rings. The monoisotopic (exact) mass is 232 g/mol. The van der Waals surface area contributed by atoms with Crippen molar-refractivity contribution in [1.29, 1.82) is 0 Å². The quantitative estimate of drug-likeness (QED) is 0.635. The second kappa shape index (κ2) is 4.65. The molecule has 1 N–H and O–H groups in total. The van der Waals surface area contributed by atoms with Crippen LogP contribution in [0.15, 0.2) is 34.1 Å². The minimum absolute atomic E-state index is 0.227. The van der Waals surface area contributed by atoms with E-state index in [-0.39, 0.29) is 11.7 Å². The number of hydrogen-bond acceptors (Lipinski definition) is 4. The third-order valence-corrected chi connectivity index (χ3v) is 2.17. The Morgan fingerprint density at radius 1 is 1.65 bits per heavy atom. The lowest BCUT2D eigenvalue weighted by molar-refractivity contribution is 0.0927. The molecule has 0 unspecified atom stereocenters. The summed E-state index contributed by atoms with van der Waals surface area (Å²) >= 11 is 0. The molecule has 0 atom stereocenters. The zero-order chi connectivity index (χ0) is 12.3. The Morgan fingerprint density at radius 3 is 3.06 bits per heavy atom. The van der Waals surface area contributed by atoms with Crippen molar-refractivity contribution < 1.29 is 9.21 Å². The number of amides is 1. The van der Waals surface area contributed by atoms with Gasteiger partial charge in [0.05, 0.1) is 18.2 Å². The number of furan rings is 1. The molecule has 0 aromatic carbocycles. The standard InChI is InChI=1S/C11H12N4O2/c1-8-9(7-15(2)14-8)6-12-13-11(16)10-4-3-5-17-10/h3-7H,1-2H3,(H,13,16)/b12-6-. The summed E-state index contributed by atoms with van der Waals surface area (Å²) < 4.78 is 6.61. The van der Waals surface area contributed by atoms with E-state index in [1.54, 1.807) is 23.0 Å². The van der Waals surface area contributed by atoms with Gasteiger partial charge in [0.25, 0.3) is 0 Å². The average Bonchev–Trinajstić information content (AvgIpc) is 2.89. The van der Waals surface area contributed by atoms with Crippen LogP contribution in [-0.2, 0) is 7.05 Å². The van der Waals surface area contributed by atoms with E-state index in [1.165, 1.54) is 6.26 Å². The van der Waals surface area contributed by atoms with Crippen molar-refractivity contribution in [3.8, 4) is 0 Å². The van der Waals surface area contributed by atoms with Crippen LogP contribution in [-0.4, -0.2) is 21.9 Å². The highest BCUT2D eigenvalue weighted by atomic mass is 16.3. The van der Waals surface area contributed by atoms with Gasteiger partial charge >= 0.3 is 5.91 Å². The van der Waals surface area contributed by atoms with Gasteiger partial charge < -0.3 is 4.42 Å². The van der Waals surface area contributed by atoms with Crippen LogP contribution < -0.4 is 5.43 Å². The minimum atomic E-state index is -0.382. The number of nitrogens with one attached hydrogen (secondary N) is 1. The molecule has 1 amide bonds. The van der Waals surface area contributed by atoms with Gasteiger partial charge in [-0.2, -0.15) is 10.2 Å². The first-order valence-electron chi connectivity index (χ1n) is 5.04. The first-order chi connectivity index (χ1) is 8.16. The summed E-state index contributed by atoms with van der Waals surface area (Å²) in [5, 5.41) is 7.99. The summed E-state index contributed by atoms with van der Waals surface area (Å²) in [7, 11) is 1.83. The van der Waals surface area contributed by atoms with E-state index in [1.807, 2.05) is 20.2 Å². The fourth-order valence-electron chi connectivity index (χ4n) is 1.37. The zero-order valence-electron chi connectivity index (χ0n) is 9.54. The second-order valence-electron chi connectivity index (χ2n) is 3.52. The lowest BCUT2D eigenvalue weighted by Crippen LogP contribution is -2.16. The van der Waals surface area contributed by atoms with Crippen molar-refractivity contribution in [3.63, 3.8) is 0 Å². The molecule has 0 aliphatic carbocycles. The van der Waals surface area contributed by atoms with Crippen molar-refractivity contribution in [2.45, 2.75) is 6.92 Å². The fraction of sp³-hybridized carbons (Fsp3) is 0.182. The Kier molecular flexibility index (Phi) is 3.04. The van der Waals surface area contributed by atoms with Crippen LogP contribution in [0.25, 0.3) is 0 Å². The van der Waals surface area contributed by atoms with Gasteiger partial charge in [0.2, 0.25) is 0 Å². The molecular formula is C11H12N4O2. The van der Waals surface area contributed by atoms with Gasteiger partial charge in [0, 0.05) is 18.8 Å². The topological polar surface area (TPSA) is 72.4 Å². The van der Waals surface area contributed by atoms with Crippen LogP contribution >= 0.6 is 0 Å². The normalized spacial score (nSPS) is 10.9. The Morgan fingerprint density at radius 2 is 2.47 bits per heavy atom. The number of rotatable bonds is 3. The van der Waals surface area contributed by atoms with E-state index >= 15 is 0 Å². The number of hydrazone groups is 1. The van der Waals surface area contributed by atoms with Crippen molar-refractivity contribution in [2.24, 2.45) is 12.1 Å². The van der Waals surface area contributed by atoms with Crippen molar-refractivity contribution in [2.75, 3.05) is 0 Å². The fourth-order valence-corrected chi connectivity index (χ4v) is 1.37. The number of carbonyl (C=O) groups excluding carboxylic acids is 1. The molecule has 2 heterocycles. The second-order valence-corrected chi connectivity index (χ2v) is 3.52. The molecule has 0 saturated heterocycles. The van der Waals surface area contributed by atoms with Crippen LogP contribution in [0.4, 0.5) is 0 Å². The average molecular weight is 232 g/mol. The van der Waals surface area contributed by atoms with E-state index in [4.69, 9.17) is 4.42 Å². The Balaban J connectivity index is 1.99. The molecule has 0 aliphatic rings. The molecule has 2 aromatic rings. The Labute approximate surface area is 97.9 Å². The summed E-state index contributed by atoms with van der Waals surface area (Å²) in [6, 6.07) is 3.21. The predicted molar refractivity (Wildman–Crippen MR) is 61.7 cm³/mol. The van der Waals surface area contributed by atoms with E-state index in [2.05, 4.69) is 15.6 Å². The first-order valence-corrected chi connectivity index (χ1v) is 5.04. The molecule has 17 heavy (non-hydrogen) atoms. The lowest BCUT2D eigenvalue weighted by Gasteiger charge is -1.94. The summed E-state index contributed by atoms with van der Waals surface area (Å²) in [6.07, 6.45) is 4.80. The van der Waals surface area contributed by atoms with Crippen LogP contribution in [0.5, 0.6) is 0 Å². The summed E-state index contributed by atoms with van der Waals surface area (Å²) in [5.74, 6) is -0.155. The summed E-state index contributed by atoms with van der Waals surface area (Å²) in [6.45, 7) is 1.87. The molecule has 88 valence electrons. The van der Waals surface area contributed by atoms with Crippen LogP contribution in [0.2, 0.25) is 0 Å². The van der Waals surface area contributed by atoms with E-state index < -0.39 is 0 Å². The van der Waals surface area contributed by atoms with Crippen LogP contribution in [0.3, 0.4) is 0 Å². The number of carbonyl (C=O) groups is 1. The molecule has 6 nitrogen and oxygen atoms in total. The number of aryl methyl sites for hydroxylation is 2. The molecule has 0 radical (unpaired) electrons. The van der Waals surface area contributed by atoms with Gasteiger partial charge in [-0.1, -0.05) is 0 Å². The van der Waals surface area contributed by atoms with Gasteiger partial charge in [0.15, 0.2) is 5.76 Å². The smallest absolute Gasteiger partial charge is 0.307 e. The molecule has 6 heteroatoms. The molecule has 2 aromatic heterocycles. The molecule has 2 rings (SSSR count). The SMILES string of the molecule is Cc1nn(C)cc1/C=N\NC(=O)c1ccco1. The Hall–Kier alpha value is -2.37. The minimum Gasteiger partial charge on any atom is -0.459 e. The number of hydrogen-bond donors (Lipinski definition) is 1. The summed E-state index contributed by atoms with van der Waals surface area (Å²) in [4.78, 5) is 11.4. The highest BCUT2D eigenvalue weighted by Crippen LogP contribution is 2.01. The maximum absolute atomic E-state index is 11.4. The first kappa shape index (κ1) is 11.1. The molecule has 0 saturated carbocycles. The zero-order valence-corrected chi connectivity index (χ0v) is 9.54. The predicted octanol–water partition coefficient (Wildman–Crippen LogP) is 1.09. The molecule has 0 spiro atoms. The number of nitrogens with zero attached hydrogens (tertiary/aromatic N) is 3. The Bertz CT molecular complexity index is 540. The lowest BCUT2D eigenvalue weighted by atomic mass is 10.3. The van der Waals surface area contributed by atoms with E-state index in [9.17, 15) is 4.79 Å². The largest absolute Gasteiger partial charge is 0.459 e. The van der Waals surface area contributed by atoms with Crippen LogP contribution in [0.1, 0.15) is 21.8 Å². The van der Waals surface area contributed by atoms with Crippen molar-refractivity contribution in [3.05, 3.63) is 41.6 Å². The van der Waals surface area contributed by atoms with Gasteiger partial charge in [-0.3, -0.25) is 9.48 Å².